The molecule has 0 radical (unpaired) electrons. The van der Waals surface area contributed by atoms with Crippen LogP contribution in [0.4, 0.5) is 26.3 Å². The fourth-order valence-electron chi connectivity index (χ4n) is 3.07. The number of rotatable bonds is 7. The van der Waals surface area contributed by atoms with Crippen LogP contribution in [-0.4, -0.2) is 50.5 Å². The number of alkyl halides is 6. The van der Waals surface area contributed by atoms with Crippen molar-refractivity contribution in [2.24, 2.45) is 0 Å². The van der Waals surface area contributed by atoms with Gasteiger partial charge in [0.05, 0.1) is 23.1 Å². The van der Waals surface area contributed by atoms with Crippen molar-refractivity contribution in [3.8, 4) is 16.9 Å². The second-order valence-electron chi connectivity index (χ2n) is 7.72. The number of aromatic nitrogens is 3. The van der Waals surface area contributed by atoms with Crippen LogP contribution in [0.15, 0.2) is 59.7 Å². The molecule has 2 heterocycles. The van der Waals surface area contributed by atoms with E-state index in [0.29, 0.717) is 0 Å². The molecule has 2 atom stereocenters. The number of carbonyl (C=O) groups is 1. The zero-order valence-corrected chi connectivity index (χ0v) is 17.9. The van der Waals surface area contributed by atoms with Gasteiger partial charge in [-0.05, 0) is 37.3 Å². The fraction of sp³-hybridized carbons (Fsp3) is 0.273. The molecular formula is C22H18F6N4O3. The molecule has 0 spiro atoms. The number of hydrogen-bond donors (Lipinski definition) is 2. The average molecular weight is 500 g/mol. The Labute approximate surface area is 194 Å². The Morgan fingerprint density at radius 2 is 1.83 bits per heavy atom. The maximum atomic E-state index is 13.4. The second-order valence-corrected chi connectivity index (χ2v) is 7.72. The van der Waals surface area contributed by atoms with E-state index >= 15 is 0 Å². The summed E-state index contributed by atoms with van der Waals surface area (Å²) in [6.45, 7) is -0.867. The molecule has 35 heavy (non-hydrogen) atoms. The minimum absolute atomic E-state index is 0.0708. The van der Waals surface area contributed by atoms with Crippen LogP contribution in [0.5, 0.6) is 0 Å². The lowest BCUT2D eigenvalue weighted by atomic mass is 9.98. The lowest BCUT2D eigenvalue weighted by Crippen LogP contribution is -2.57. The van der Waals surface area contributed by atoms with Crippen molar-refractivity contribution in [2.45, 2.75) is 31.2 Å². The van der Waals surface area contributed by atoms with E-state index in [1.54, 1.807) is 5.32 Å². The molecular weight excluding hydrogens is 482 g/mol. The Kier molecular flexibility index (Phi) is 7.29. The quantitative estimate of drug-likeness (QED) is 0.485. The molecule has 2 unspecified atom stereocenters. The summed E-state index contributed by atoms with van der Waals surface area (Å²) in [5.41, 5.74) is -5.38. The Bertz CT molecular complexity index is 1240. The number of hydrogen-bond acceptors (Lipinski definition) is 5. The van der Waals surface area contributed by atoms with Gasteiger partial charge in [0.15, 0.2) is 0 Å². The summed E-state index contributed by atoms with van der Waals surface area (Å²) >= 11 is 0. The first kappa shape index (κ1) is 25.9. The highest BCUT2D eigenvalue weighted by Crippen LogP contribution is 2.30. The van der Waals surface area contributed by atoms with E-state index in [9.17, 15) is 41.0 Å². The number of aliphatic hydroxyl groups is 1. The average Bonchev–Trinajstić information content (AvgIpc) is 2.82. The Hall–Kier alpha value is -3.74. The van der Waals surface area contributed by atoms with Crippen molar-refractivity contribution in [2.75, 3.05) is 6.67 Å². The first-order chi connectivity index (χ1) is 16.3. The smallest absolute Gasteiger partial charge is 0.385 e. The predicted molar refractivity (Wildman–Crippen MR) is 112 cm³/mol. The van der Waals surface area contributed by atoms with Crippen LogP contribution in [-0.2, 0) is 6.18 Å². The molecule has 2 aromatic heterocycles. The molecule has 1 amide bonds. The lowest BCUT2D eigenvalue weighted by Gasteiger charge is -2.30. The Balaban J connectivity index is 2.14. The molecule has 13 heteroatoms. The third-order valence-electron chi connectivity index (χ3n) is 5.03. The molecule has 0 aliphatic rings. The number of pyridine rings is 1. The third-order valence-corrected chi connectivity index (χ3v) is 5.03. The van der Waals surface area contributed by atoms with Gasteiger partial charge < -0.3 is 10.4 Å². The summed E-state index contributed by atoms with van der Waals surface area (Å²) in [7, 11) is 0. The van der Waals surface area contributed by atoms with Gasteiger partial charge in [0.1, 0.15) is 23.9 Å². The highest BCUT2D eigenvalue weighted by molar-refractivity contribution is 5.95. The van der Waals surface area contributed by atoms with E-state index in [0.717, 1.165) is 41.9 Å². The van der Waals surface area contributed by atoms with Crippen molar-refractivity contribution in [3.63, 3.8) is 0 Å². The first-order valence-corrected chi connectivity index (χ1v) is 9.95. The number of benzene rings is 1. The molecule has 0 aliphatic heterocycles. The van der Waals surface area contributed by atoms with E-state index in [1.807, 2.05) is 0 Å². The van der Waals surface area contributed by atoms with Gasteiger partial charge >= 0.3 is 6.18 Å². The normalized spacial score (nSPS) is 14.4. The van der Waals surface area contributed by atoms with E-state index in [4.69, 9.17) is 0 Å². The highest BCUT2D eigenvalue weighted by atomic mass is 19.4. The number of amides is 1. The summed E-state index contributed by atoms with van der Waals surface area (Å²) in [4.78, 5) is 29.6. The minimum atomic E-state index is -4.61. The summed E-state index contributed by atoms with van der Waals surface area (Å²) < 4.78 is 79.5. The van der Waals surface area contributed by atoms with Gasteiger partial charge in [0.2, 0.25) is 0 Å². The van der Waals surface area contributed by atoms with Crippen molar-refractivity contribution in [3.05, 3.63) is 76.3 Å². The van der Waals surface area contributed by atoms with Crippen molar-refractivity contribution >= 4 is 5.91 Å². The predicted octanol–water partition coefficient (Wildman–Crippen LogP) is 3.40. The van der Waals surface area contributed by atoms with E-state index in [-0.39, 0.29) is 16.9 Å². The summed E-state index contributed by atoms with van der Waals surface area (Å²) in [5, 5.41) is 15.7. The molecule has 0 fully saturated rings. The van der Waals surface area contributed by atoms with E-state index in [1.165, 1.54) is 24.5 Å². The molecule has 3 rings (SSSR count). The van der Waals surface area contributed by atoms with Crippen LogP contribution in [0.3, 0.4) is 0 Å². The monoisotopic (exact) mass is 500 g/mol. The van der Waals surface area contributed by atoms with Gasteiger partial charge in [-0.1, -0.05) is 12.1 Å². The van der Waals surface area contributed by atoms with Crippen LogP contribution >= 0.6 is 0 Å². The lowest BCUT2D eigenvalue weighted by molar-refractivity contribution is -0.137. The maximum Gasteiger partial charge on any atom is 0.416 e. The van der Waals surface area contributed by atoms with Crippen molar-refractivity contribution < 1.29 is 36.2 Å². The van der Waals surface area contributed by atoms with Gasteiger partial charge in [0.25, 0.3) is 17.9 Å². The van der Waals surface area contributed by atoms with E-state index < -0.39 is 53.5 Å². The number of nitrogens with zero attached hydrogens (tertiary/aromatic N) is 3. The zero-order chi connectivity index (χ0) is 26.0. The summed E-state index contributed by atoms with van der Waals surface area (Å²) in [6.07, 6.45) is -5.40. The number of halogens is 6. The Morgan fingerprint density at radius 3 is 2.34 bits per heavy atom. The molecule has 0 bridgehead atoms. The topological polar surface area (TPSA) is 97.1 Å². The molecule has 7 nitrogen and oxygen atoms in total. The van der Waals surface area contributed by atoms with Gasteiger partial charge in [-0.2, -0.15) is 23.0 Å². The number of carbonyl (C=O) groups excluding carboxylic acids is 1. The standard InChI is InChI=1S/C22H18F6N4O3/c1-21(35,11-23)17(18(24)25)30-19(33)15-9-16(12-4-6-13(7-5-12)22(26,27)28)31-32(20(15)34)14-3-2-8-29-10-14/h2-10,17-18,35H,11H2,1H3,(H,30,33). The van der Waals surface area contributed by atoms with Gasteiger partial charge in [-0.25, -0.2) is 13.2 Å². The van der Waals surface area contributed by atoms with Gasteiger partial charge in [-0.3, -0.25) is 14.6 Å². The Morgan fingerprint density at radius 1 is 1.17 bits per heavy atom. The second kappa shape index (κ2) is 9.86. The molecule has 0 saturated carbocycles. The van der Waals surface area contributed by atoms with Gasteiger partial charge in [-0.15, -0.1) is 0 Å². The fourth-order valence-corrected chi connectivity index (χ4v) is 3.07. The molecule has 2 N–H and O–H groups in total. The zero-order valence-electron chi connectivity index (χ0n) is 17.9. The van der Waals surface area contributed by atoms with Crippen molar-refractivity contribution in [1.82, 2.24) is 20.1 Å². The maximum absolute atomic E-state index is 13.4. The largest absolute Gasteiger partial charge is 0.416 e. The first-order valence-electron chi connectivity index (χ1n) is 9.95. The van der Waals surface area contributed by atoms with Crippen molar-refractivity contribution in [1.29, 1.82) is 0 Å². The molecule has 186 valence electrons. The van der Waals surface area contributed by atoms with Crippen LogP contribution in [0.25, 0.3) is 16.9 Å². The SMILES string of the molecule is CC(O)(CF)C(NC(=O)c1cc(-c2ccc(C(F)(F)F)cc2)nn(-c2cccnc2)c1=O)C(F)F. The van der Waals surface area contributed by atoms with Crippen LogP contribution < -0.4 is 10.9 Å². The van der Waals surface area contributed by atoms with E-state index in [2.05, 4.69) is 10.1 Å². The molecule has 0 saturated heterocycles. The summed E-state index contributed by atoms with van der Waals surface area (Å²) in [6, 6.07) is 5.02. The highest BCUT2D eigenvalue weighted by Gasteiger charge is 2.40. The van der Waals surface area contributed by atoms with Crippen LogP contribution in [0.2, 0.25) is 0 Å². The molecule has 1 aromatic carbocycles. The van der Waals surface area contributed by atoms with Crippen LogP contribution in [0.1, 0.15) is 22.8 Å². The van der Waals surface area contributed by atoms with Gasteiger partial charge in [0, 0.05) is 11.8 Å². The minimum Gasteiger partial charge on any atom is -0.385 e. The third kappa shape index (κ3) is 5.67. The molecule has 0 aliphatic carbocycles. The molecule has 3 aromatic rings. The summed E-state index contributed by atoms with van der Waals surface area (Å²) in [5.74, 6) is -1.37. The van der Waals surface area contributed by atoms with Crippen LogP contribution in [0, 0.1) is 0 Å². The number of nitrogens with one attached hydrogen (secondary N) is 1.